The summed E-state index contributed by atoms with van der Waals surface area (Å²) < 4.78 is 2.45. The van der Waals surface area contributed by atoms with E-state index in [0.717, 1.165) is 17.1 Å². The van der Waals surface area contributed by atoms with Gasteiger partial charge in [-0.05, 0) is 137 Å². The minimum Gasteiger partial charge on any atom is -0.310 e. The highest BCUT2D eigenvalue weighted by Crippen LogP contribution is 2.65. The molecule has 0 saturated carbocycles. The van der Waals surface area contributed by atoms with Crippen molar-refractivity contribution >= 4 is 60.4 Å². The van der Waals surface area contributed by atoms with Crippen molar-refractivity contribution < 1.29 is 0 Å². The van der Waals surface area contributed by atoms with E-state index in [0.29, 0.717) is 0 Å². The van der Waals surface area contributed by atoms with Crippen LogP contribution < -0.4 is 4.90 Å². The summed E-state index contributed by atoms with van der Waals surface area (Å²) in [6.45, 7) is 17.1. The number of aromatic nitrogens is 1. The minimum absolute atomic E-state index is 0.151. The molecular formula is C66H54N2. The van der Waals surface area contributed by atoms with Gasteiger partial charge in [0.1, 0.15) is 0 Å². The molecule has 0 atom stereocenters. The Labute approximate surface area is 399 Å². The molecule has 0 unspecified atom stereocenters. The summed E-state index contributed by atoms with van der Waals surface area (Å²) in [5, 5.41) is 7.59. The topological polar surface area (TPSA) is 8.17 Å². The summed E-state index contributed by atoms with van der Waals surface area (Å²) in [5.41, 5.74) is 21.2. The van der Waals surface area contributed by atoms with Crippen molar-refractivity contribution in [1.82, 2.24) is 4.57 Å². The van der Waals surface area contributed by atoms with Crippen LogP contribution in [0.25, 0.3) is 82.4 Å². The first-order chi connectivity index (χ1) is 32.9. The number of para-hydroxylation sites is 2. The van der Waals surface area contributed by atoms with Crippen LogP contribution in [0.15, 0.2) is 200 Å². The molecule has 2 nitrogen and oxygen atoms in total. The summed E-state index contributed by atoms with van der Waals surface area (Å²) in [5.74, 6) is 0. The minimum atomic E-state index is -0.308. The van der Waals surface area contributed by atoms with E-state index in [1.54, 1.807) is 0 Å². The first kappa shape index (κ1) is 40.6. The van der Waals surface area contributed by atoms with E-state index in [1.807, 2.05) is 0 Å². The summed E-state index contributed by atoms with van der Waals surface area (Å²) >= 11 is 0. The Morgan fingerprint density at radius 1 is 0.412 bits per heavy atom. The normalized spacial score (nSPS) is 14.3. The number of anilines is 3. The Balaban J connectivity index is 1.13. The second-order valence-corrected chi connectivity index (χ2v) is 21.3. The Bertz CT molecular complexity index is 3790. The van der Waals surface area contributed by atoms with E-state index in [1.165, 1.54) is 110 Å². The van der Waals surface area contributed by atoms with E-state index in [4.69, 9.17) is 0 Å². The van der Waals surface area contributed by atoms with Crippen LogP contribution in [0.2, 0.25) is 0 Å². The van der Waals surface area contributed by atoms with Gasteiger partial charge in [0.05, 0.1) is 16.7 Å². The van der Waals surface area contributed by atoms with Crippen LogP contribution >= 0.6 is 0 Å². The molecule has 1 heterocycles. The number of nitrogens with zero attached hydrogens (tertiary/aromatic N) is 2. The first-order valence-electron chi connectivity index (χ1n) is 24.3. The number of benzene rings is 10. The summed E-state index contributed by atoms with van der Waals surface area (Å²) in [7, 11) is 0. The molecule has 2 heteroatoms. The van der Waals surface area contributed by atoms with Gasteiger partial charge in [-0.3, -0.25) is 0 Å². The summed E-state index contributed by atoms with van der Waals surface area (Å²) in [6.07, 6.45) is 0. The molecule has 0 saturated heterocycles. The van der Waals surface area contributed by atoms with E-state index < -0.39 is 0 Å². The molecule has 0 bridgehead atoms. The number of fused-ring (bicyclic) bond motifs is 12. The molecule has 10 aromatic carbocycles. The van der Waals surface area contributed by atoms with Crippen molar-refractivity contribution in [2.24, 2.45) is 0 Å². The van der Waals surface area contributed by atoms with Gasteiger partial charge in [-0.15, -0.1) is 0 Å². The Morgan fingerprint density at radius 2 is 0.926 bits per heavy atom. The third-order valence-corrected chi connectivity index (χ3v) is 15.6. The largest absolute Gasteiger partial charge is 0.310 e. The highest BCUT2D eigenvalue weighted by Gasteiger charge is 2.50. The smallest absolute Gasteiger partial charge is 0.0561 e. The third kappa shape index (κ3) is 5.70. The lowest BCUT2D eigenvalue weighted by Crippen LogP contribution is -2.27. The van der Waals surface area contributed by atoms with Crippen LogP contribution in [0.1, 0.15) is 76.3 Å². The van der Waals surface area contributed by atoms with Crippen molar-refractivity contribution in [3.05, 3.63) is 228 Å². The Hall–Kier alpha value is -7.68. The van der Waals surface area contributed by atoms with Crippen LogP contribution in [0.4, 0.5) is 17.1 Å². The molecular weight excluding hydrogens is 821 g/mol. The molecule has 0 N–H and O–H groups in total. The maximum atomic E-state index is 2.65. The predicted molar refractivity (Wildman–Crippen MR) is 290 cm³/mol. The quantitative estimate of drug-likeness (QED) is 0.156. The molecule has 0 spiro atoms. The van der Waals surface area contributed by atoms with Crippen LogP contribution in [0, 0.1) is 0 Å². The third-order valence-electron chi connectivity index (χ3n) is 15.6. The van der Waals surface area contributed by atoms with Gasteiger partial charge in [-0.2, -0.15) is 0 Å². The highest BCUT2D eigenvalue weighted by atomic mass is 15.2. The van der Waals surface area contributed by atoms with Crippen LogP contribution in [-0.2, 0) is 16.2 Å². The van der Waals surface area contributed by atoms with Gasteiger partial charge in [0.2, 0.25) is 0 Å². The van der Waals surface area contributed by atoms with Gasteiger partial charge in [-0.25, -0.2) is 0 Å². The van der Waals surface area contributed by atoms with Gasteiger partial charge in [0.25, 0.3) is 0 Å². The van der Waals surface area contributed by atoms with Crippen LogP contribution in [0.3, 0.4) is 0 Å². The lowest BCUT2D eigenvalue weighted by molar-refractivity contribution is 0.587. The fourth-order valence-electron chi connectivity index (χ4n) is 12.6. The van der Waals surface area contributed by atoms with E-state index in [2.05, 4.69) is 258 Å². The van der Waals surface area contributed by atoms with Crippen molar-refractivity contribution in [3.63, 3.8) is 0 Å². The standard InChI is InChI=1S/C66H54N2/c1-64(2,3)60-58-52-24-13-16-26-54(52)65(4,5)61(58)63(62-59(60)53-25-14-17-27-55(53)66(62,6)7)67(47-36-38-51-50-23-15-18-28-56(50)68(57(51)40-47)45-20-9-8-10-21-45)46-34-31-41(32-35-46)43-33-37-49-44(39-43)30-29-42-19-11-12-22-48(42)49/h8-40H,1-7H3. The maximum Gasteiger partial charge on any atom is 0.0561 e. The van der Waals surface area contributed by atoms with Gasteiger partial charge >= 0.3 is 0 Å². The van der Waals surface area contributed by atoms with E-state index >= 15 is 0 Å². The molecule has 0 amide bonds. The van der Waals surface area contributed by atoms with Crippen LogP contribution in [-0.4, -0.2) is 4.57 Å². The molecule has 1 aromatic heterocycles. The monoisotopic (exact) mass is 874 g/mol. The first-order valence-corrected chi connectivity index (χ1v) is 24.3. The Morgan fingerprint density at radius 3 is 1.60 bits per heavy atom. The van der Waals surface area contributed by atoms with Gasteiger partial charge in [0.15, 0.2) is 0 Å². The lowest BCUT2D eigenvalue weighted by atomic mass is 9.71. The van der Waals surface area contributed by atoms with Gasteiger partial charge in [-0.1, -0.05) is 200 Å². The molecule has 68 heavy (non-hydrogen) atoms. The fourth-order valence-corrected chi connectivity index (χ4v) is 12.6. The molecule has 328 valence electrons. The molecule has 0 fully saturated rings. The SMILES string of the molecule is CC(C)(C)c1c2c(c(N(c3ccc(-c4ccc5c(ccc6ccccc65)c4)cc3)c3ccc4c5ccccc5n(-c5ccccc5)c4c3)c3c1-c1ccccc1C3(C)C)C(C)(C)c1ccccc1-2. The zero-order valence-corrected chi connectivity index (χ0v) is 39.9. The maximum absolute atomic E-state index is 2.65. The molecule has 13 rings (SSSR count). The van der Waals surface area contributed by atoms with Crippen molar-refractivity contribution in [1.29, 1.82) is 0 Å². The fraction of sp³-hybridized carbons (Fsp3) is 0.152. The molecule has 11 aromatic rings. The average Bonchev–Trinajstić information content (AvgIpc) is 3.90. The summed E-state index contributed by atoms with van der Waals surface area (Å²) in [6, 6.07) is 75.0. The van der Waals surface area contributed by atoms with Gasteiger partial charge in [0, 0.05) is 38.7 Å². The molecule has 0 aliphatic heterocycles. The van der Waals surface area contributed by atoms with E-state index in [-0.39, 0.29) is 16.2 Å². The zero-order valence-electron chi connectivity index (χ0n) is 39.9. The zero-order chi connectivity index (χ0) is 46.3. The van der Waals surface area contributed by atoms with Crippen molar-refractivity contribution in [2.75, 3.05) is 4.90 Å². The molecule has 2 aliphatic rings. The predicted octanol–water partition coefficient (Wildman–Crippen LogP) is 18.1. The Kier molecular flexibility index (Phi) is 8.60. The molecule has 0 radical (unpaired) electrons. The molecule has 2 aliphatic carbocycles. The van der Waals surface area contributed by atoms with Crippen LogP contribution in [0.5, 0.6) is 0 Å². The average molecular weight is 875 g/mol. The number of hydrogen-bond acceptors (Lipinski definition) is 1. The van der Waals surface area contributed by atoms with Gasteiger partial charge < -0.3 is 9.47 Å². The van der Waals surface area contributed by atoms with E-state index in [9.17, 15) is 0 Å². The summed E-state index contributed by atoms with van der Waals surface area (Å²) in [4.78, 5) is 2.65. The second kappa shape index (κ2) is 14.4. The van der Waals surface area contributed by atoms with Crippen molar-refractivity contribution in [3.8, 4) is 39.1 Å². The van der Waals surface area contributed by atoms with Crippen molar-refractivity contribution in [2.45, 2.75) is 64.7 Å². The number of hydrogen-bond donors (Lipinski definition) is 0. The number of rotatable bonds is 5. The lowest BCUT2D eigenvalue weighted by Gasteiger charge is -2.39. The second-order valence-electron chi connectivity index (χ2n) is 21.3. The highest BCUT2D eigenvalue weighted by molar-refractivity contribution is 6.12.